The lowest BCUT2D eigenvalue weighted by Crippen LogP contribution is -2.53. The average molecular weight is 490 g/mol. The van der Waals surface area contributed by atoms with E-state index in [0.29, 0.717) is 17.9 Å². The first kappa shape index (κ1) is 23.3. The van der Waals surface area contributed by atoms with Gasteiger partial charge in [0.05, 0.1) is 11.3 Å². The molecule has 3 aromatic heterocycles. The molecule has 1 aliphatic heterocycles. The van der Waals surface area contributed by atoms with E-state index in [0.717, 1.165) is 59.1 Å². The van der Waals surface area contributed by atoms with Gasteiger partial charge in [0.1, 0.15) is 11.3 Å². The molecule has 0 amide bonds. The van der Waals surface area contributed by atoms with E-state index < -0.39 is 0 Å². The fourth-order valence-electron chi connectivity index (χ4n) is 5.34. The summed E-state index contributed by atoms with van der Waals surface area (Å²) < 4.78 is 2.09. The van der Waals surface area contributed by atoms with Crippen LogP contribution < -0.4 is 11.1 Å². The highest BCUT2D eigenvalue weighted by Gasteiger charge is 2.22. The highest BCUT2D eigenvalue weighted by atomic mass is 15.2. The number of nitrogens with zero attached hydrogens (tertiary/aromatic N) is 5. The smallest absolute Gasteiger partial charge is 0.165 e. The van der Waals surface area contributed by atoms with Crippen LogP contribution >= 0.6 is 0 Å². The van der Waals surface area contributed by atoms with Crippen LogP contribution in [0.3, 0.4) is 0 Å². The van der Waals surface area contributed by atoms with Gasteiger partial charge in [-0.2, -0.15) is 0 Å². The van der Waals surface area contributed by atoms with Crippen LogP contribution in [0.25, 0.3) is 39.5 Å². The van der Waals surface area contributed by atoms with Gasteiger partial charge in [-0.1, -0.05) is 42.5 Å². The van der Waals surface area contributed by atoms with Gasteiger partial charge in [0.25, 0.3) is 0 Å². The quantitative estimate of drug-likeness (QED) is 0.365. The van der Waals surface area contributed by atoms with Crippen LogP contribution in [0.15, 0.2) is 85.1 Å². The van der Waals surface area contributed by atoms with Crippen molar-refractivity contribution in [3.8, 4) is 28.3 Å². The number of fused-ring (bicyclic) bond motifs is 1. The Labute approximate surface area is 217 Å². The lowest BCUT2D eigenvalue weighted by molar-refractivity contribution is 0.166. The monoisotopic (exact) mass is 489 g/mol. The number of rotatable bonds is 5. The minimum atomic E-state index is 0.445. The van der Waals surface area contributed by atoms with Crippen LogP contribution in [-0.2, 0) is 6.54 Å². The predicted octanol–water partition coefficient (Wildman–Crippen LogP) is 4.91. The van der Waals surface area contributed by atoms with Gasteiger partial charge in [0, 0.05) is 49.2 Å². The maximum atomic E-state index is 6.30. The fourth-order valence-corrected chi connectivity index (χ4v) is 5.34. The summed E-state index contributed by atoms with van der Waals surface area (Å²) in [6, 6.07) is 27.8. The second-order valence-electron chi connectivity index (χ2n) is 9.94. The molecule has 1 aliphatic rings. The number of anilines is 1. The van der Waals surface area contributed by atoms with Crippen molar-refractivity contribution in [1.29, 1.82) is 0 Å². The van der Waals surface area contributed by atoms with Crippen molar-refractivity contribution in [3.05, 3.63) is 90.6 Å². The van der Waals surface area contributed by atoms with Crippen molar-refractivity contribution in [3.63, 3.8) is 0 Å². The second kappa shape index (κ2) is 9.76. The molecule has 1 fully saturated rings. The summed E-state index contributed by atoms with van der Waals surface area (Å²) >= 11 is 0. The van der Waals surface area contributed by atoms with Crippen LogP contribution in [0.2, 0.25) is 0 Å². The molecule has 2 unspecified atom stereocenters. The Morgan fingerprint density at radius 3 is 2.35 bits per heavy atom. The van der Waals surface area contributed by atoms with Gasteiger partial charge in [-0.05, 0) is 55.8 Å². The Balaban J connectivity index is 1.43. The summed E-state index contributed by atoms with van der Waals surface area (Å²) in [5.41, 5.74) is 12.9. The summed E-state index contributed by atoms with van der Waals surface area (Å²) in [4.78, 5) is 16.8. The van der Waals surface area contributed by atoms with Crippen LogP contribution in [0.5, 0.6) is 0 Å². The fraction of sp³-hybridized carbons (Fsp3) is 0.233. The third-order valence-corrected chi connectivity index (χ3v) is 6.89. The Bertz CT molecular complexity index is 1520. The number of aromatic nitrogens is 4. The van der Waals surface area contributed by atoms with Gasteiger partial charge < -0.3 is 11.1 Å². The molecule has 0 saturated carbocycles. The van der Waals surface area contributed by atoms with Crippen molar-refractivity contribution in [2.75, 3.05) is 18.8 Å². The Hall–Kier alpha value is -4.07. The molecule has 7 nitrogen and oxygen atoms in total. The summed E-state index contributed by atoms with van der Waals surface area (Å²) in [6.07, 6.45) is 1.70. The van der Waals surface area contributed by atoms with Gasteiger partial charge in [-0.25, -0.2) is 15.0 Å². The average Bonchev–Trinajstić information content (AvgIpc) is 3.28. The molecule has 0 aliphatic carbocycles. The third-order valence-electron chi connectivity index (χ3n) is 6.89. The first-order valence-corrected chi connectivity index (χ1v) is 12.8. The third kappa shape index (κ3) is 4.71. The summed E-state index contributed by atoms with van der Waals surface area (Å²) in [5.74, 6) is 1.18. The van der Waals surface area contributed by atoms with Crippen molar-refractivity contribution >= 4 is 17.0 Å². The molecule has 37 heavy (non-hydrogen) atoms. The van der Waals surface area contributed by atoms with E-state index in [9.17, 15) is 0 Å². The molecular weight excluding hydrogens is 458 g/mol. The number of nitrogens with two attached hydrogens (primary N) is 1. The largest absolute Gasteiger partial charge is 0.383 e. The molecule has 4 heterocycles. The molecule has 186 valence electrons. The van der Waals surface area contributed by atoms with E-state index in [2.05, 4.69) is 70.0 Å². The van der Waals surface area contributed by atoms with Gasteiger partial charge in [-0.3, -0.25) is 9.47 Å². The van der Waals surface area contributed by atoms with E-state index >= 15 is 0 Å². The highest BCUT2D eigenvalue weighted by Crippen LogP contribution is 2.31. The Morgan fingerprint density at radius 2 is 1.62 bits per heavy atom. The Kier molecular flexibility index (Phi) is 6.16. The number of nitrogens with one attached hydrogen (secondary N) is 1. The number of nitrogen functional groups attached to an aromatic ring is 1. The van der Waals surface area contributed by atoms with Crippen molar-refractivity contribution < 1.29 is 0 Å². The topological polar surface area (TPSA) is 84.9 Å². The molecule has 1 saturated heterocycles. The van der Waals surface area contributed by atoms with Crippen LogP contribution in [0.1, 0.15) is 19.4 Å². The first-order chi connectivity index (χ1) is 18.0. The maximum Gasteiger partial charge on any atom is 0.165 e. The Morgan fingerprint density at radius 1 is 0.865 bits per heavy atom. The molecule has 5 aromatic rings. The van der Waals surface area contributed by atoms with Crippen molar-refractivity contribution in [1.82, 2.24) is 29.7 Å². The SMILES string of the molecule is CC1CN(Cc2ccc(-n3c(-c4cccnc4N)nc4ccc(-c5ccccc5)nc43)cc2)CC(C)N1. The van der Waals surface area contributed by atoms with Crippen molar-refractivity contribution in [2.45, 2.75) is 32.5 Å². The molecule has 7 heteroatoms. The second-order valence-corrected chi connectivity index (χ2v) is 9.94. The predicted molar refractivity (Wildman–Crippen MR) is 149 cm³/mol. The molecule has 2 atom stereocenters. The normalized spacial score (nSPS) is 18.3. The van der Waals surface area contributed by atoms with Crippen molar-refractivity contribution in [2.24, 2.45) is 0 Å². The van der Waals surface area contributed by atoms with Gasteiger partial charge in [0.2, 0.25) is 0 Å². The zero-order chi connectivity index (χ0) is 25.4. The summed E-state index contributed by atoms with van der Waals surface area (Å²) in [6.45, 7) is 7.53. The zero-order valence-electron chi connectivity index (χ0n) is 21.2. The molecule has 0 radical (unpaired) electrons. The van der Waals surface area contributed by atoms with Crippen LogP contribution in [0.4, 0.5) is 5.82 Å². The van der Waals surface area contributed by atoms with E-state index in [1.807, 2.05) is 42.5 Å². The standard InChI is InChI=1S/C30H31N7/c1-20-17-36(18-21(2)33-20)19-22-10-12-24(13-11-22)37-29(25-9-6-16-32-28(25)31)35-27-15-14-26(34-30(27)37)23-7-4-3-5-8-23/h3-16,20-21,33H,17-19H2,1-2H3,(H2,31,32). The summed E-state index contributed by atoms with van der Waals surface area (Å²) in [7, 11) is 0. The summed E-state index contributed by atoms with van der Waals surface area (Å²) in [5, 5.41) is 3.61. The van der Waals surface area contributed by atoms with E-state index in [1.165, 1.54) is 5.56 Å². The van der Waals surface area contributed by atoms with Crippen LogP contribution in [-0.4, -0.2) is 49.6 Å². The number of hydrogen-bond acceptors (Lipinski definition) is 6. The molecule has 0 spiro atoms. The molecule has 3 N–H and O–H groups in total. The van der Waals surface area contributed by atoms with E-state index in [4.69, 9.17) is 15.7 Å². The minimum absolute atomic E-state index is 0.445. The van der Waals surface area contributed by atoms with Gasteiger partial charge in [0.15, 0.2) is 11.5 Å². The maximum absolute atomic E-state index is 6.30. The van der Waals surface area contributed by atoms with E-state index in [-0.39, 0.29) is 0 Å². The molecule has 6 rings (SSSR count). The number of imidazole rings is 1. The highest BCUT2D eigenvalue weighted by molar-refractivity contribution is 5.84. The zero-order valence-corrected chi connectivity index (χ0v) is 21.2. The number of pyridine rings is 2. The number of benzene rings is 2. The van der Waals surface area contributed by atoms with E-state index in [1.54, 1.807) is 6.20 Å². The number of hydrogen-bond donors (Lipinski definition) is 2. The molecule has 2 aromatic carbocycles. The first-order valence-electron chi connectivity index (χ1n) is 12.8. The lowest BCUT2D eigenvalue weighted by atomic mass is 10.1. The lowest BCUT2D eigenvalue weighted by Gasteiger charge is -2.36. The number of piperazine rings is 1. The van der Waals surface area contributed by atoms with Gasteiger partial charge >= 0.3 is 0 Å². The van der Waals surface area contributed by atoms with Crippen LogP contribution in [0, 0.1) is 0 Å². The molecular formula is C30H31N7. The minimum Gasteiger partial charge on any atom is -0.383 e. The van der Waals surface area contributed by atoms with Gasteiger partial charge in [-0.15, -0.1) is 0 Å². The molecule has 0 bridgehead atoms.